The summed E-state index contributed by atoms with van der Waals surface area (Å²) in [6.45, 7) is 3.41. The number of carbonyl (C=O) groups is 3. The molecular weight excluding hydrogens is 336 g/mol. The Labute approximate surface area is 152 Å². The third-order valence-electron chi connectivity index (χ3n) is 4.85. The number of aliphatic carboxylic acids is 1. The fraction of sp³-hybridized carbons (Fsp3) is 0.500. The predicted octanol–water partition coefficient (Wildman–Crippen LogP) is 0.202. The number of carboxylic acid groups (broad SMARTS) is 1. The van der Waals surface area contributed by atoms with Crippen LogP contribution in [0.2, 0.25) is 0 Å². The molecule has 0 saturated carbocycles. The Morgan fingerprint density at radius 1 is 1.15 bits per heavy atom. The van der Waals surface area contributed by atoms with E-state index in [1.807, 2.05) is 24.3 Å². The van der Waals surface area contributed by atoms with Crippen LogP contribution in [0.15, 0.2) is 24.3 Å². The van der Waals surface area contributed by atoms with E-state index in [9.17, 15) is 14.4 Å². The van der Waals surface area contributed by atoms with Gasteiger partial charge in [-0.2, -0.15) is 0 Å². The van der Waals surface area contributed by atoms with Gasteiger partial charge in [0.2, 0.25) is 5.91 Å². The van der Waals surface area contributed by atoms with E-state index in [1.165, 1.54) is 0 Å². The molecule has 1 aromatic rings. The molecule has 0 spiro atoms. The molecule has 1 unspecified atom stereocenters. The van der Waals surface area contributed by atoms with Gasteiger partial charge < -0.3 is 25.5 Å². The topological polar surface area (TPSA) is 102 Å². The summed E-state index contributed by atoms with van der Waals surface area (Å²) in [5.74, 6) is -0.858. The number of urea groups is 1. The second-order valence-corrected chi connectivity index (χ2v) is 6.60. The lowest BCUT2D eigenvalue weighted by atomic mass is 10.0. The molecule has 2 heterocycles. The summed E-state index contributed by atoms with van der Waals surface area (Å²) in [7, 11) is 0. The number of hydrogen-bond acceptors (Lipinski definition) is 4. The van der Waals surface area contributed by atoms with Crippen molar-refractivity contribution in [1.82, 2.24) is 20.4 Å². The van der Waals surface area contributed by atoms with E-state index in [4.69, 9.17) is 5.11 Å². The monoisotopic (exact) mass is 360 g/mol. The van der Waals surface area contributed by atoms with Crippen LogP contribution in [0.4, 0.5) is 4.79 Å². The average Bonchev–Trinajstić information content (AvgIpc) is 3.01. The summed E-state index contributed by atoms with van der Waals surface area (Å²) in [5.41, 5.74) is 1.88. The highest BCUT2D eigenvalue weighted by Crippen LogP contribution is 2.25. The molecule has 3 rings (SSSR count). The Morgan fingerprint density at radius 2 is 1.85 bits per heavy atom. The summed E-state index contributed by atoms with van der Waals surface area (Å²) in [4.78, 5) is 38.7. The van der Waals surface area contributed by atoms with E-state index in [0.717, 1.165) is 24.2 Å². The van der Waals surface area contributed by atoms with Crippen LogP contribution >= 0.6 is 0 Å². The molecule has 1 atom stereocenters. The van der Waals surface area contributed by atoms with Crippen molar-refractivity contribution in [3.63, 3.8) is 0 Å². The highest BCUT2D eigenvalue weighted by molar-refractivity contribution is 5.85. The lowest BCUT2D eigenvalue weighted by Crippen LogP contribution is -2.50. The van der Waals surface area contributed by atoms with Crippen LogP contribution in [0.25, 0.3) is 0 Å². The van der Waals surface area contributed by atoms with Crippen LogP contribution in [-0.4, -0.2) is 72.1 Å². The SMILES string of the molecule is O=C(O)CCc1ccc(C2CNC(=O)N2CC(=O)N2CCNCC2)cc1. The second-order valence-electron chi connectivity index (χ2n) is 6.60. The number of nitrogens with one attached hydrogen (secondary N) is 2. The molecule has 0 aliphatic carbocycles. The van der Waals surface area contributed by atoms with Crippen LogP contribution in [0, 0.1) is 0 Å². The molecular formula is C18H24N4O4. The molecule has 3 amide bonds. The largest absolute Gasteiger partial charge is 0.481 e. The molecule has 26 heavy (non-hydrogen) atoms. The Kier molecular flexibility index (Phi) is 5.72. The van der Waals surface area contributed by atoms with E-state index in [1.54, 1.807) is 9.80 Å². The van der Waals surface area contributed by atoms with Gasteiger partial charge in [-0.1, -0.05) is 24.3 Å². The maximum Gasteiger partial charge on any atom is 0.318 e. The molecule has 2 aliphatic rings. The number of carboxylic acids is 1. The fourth-order valence-corrected chi connectivity index (χ4v) is 3.33. The number of carbonyl (C=O) groups excluding carboxylic acids is 2. The molecule has 2 aliphatic heterocycles. The predicted molar refractivity (Wildman–Crippen MR) is 94.7 cm³/mol. The van der Waals surface area contributed by atoms with Gasteiger partial charge in [0.25, 0.3) is 0 Å². The summed E-state index contributed by atoms with van der Waals surface area (Å²) < 4.78 is 0. The first-order chi connectivity index (χ1) is 12.5. The van der Waals surface area contributed by atoms with Gasteiger partial charge in [-0.25, -0.2) is 4.79 Å². The van der Waals surface area contributed by atoms with Crippen molar-refractivity contribution in [3.05, 3.63) is 35.4 Å². The molecule has 1 aromatic carbocycles. The first-order valence-corrected chi connectivity index (χ1v) is 8.88. The minimum absolute atomic E-state index is 0.0355. The number of rotatable bonds is 6. The van der Waals surface area contributed by atoms with Gasteiger partial charge in [-0.3, -0.25) is 9.59 Å². The standard InChI is InChI=1S/C18H24N4O4/c23-16(21-9-7-19-8-10-21)12-22-15(11-20-18(22)26)14-4-1-13(2-5-14)3-6-17(24)25/h1-2,4-5,15,19H,3,6-12H2,(H,20,26)(H,24,25). The molecule has 2 fully saturated rings. The maximum absolute atomic E-state index is 12.5. The van der Waals surface area contributed by atoms with Crippen LogP contribution in [0.1, 0.15) is 23.6 Å². The quantitative estimate of drug-likeness (QED) is 0.673. The highest BCUT2D eigenvalue weighted by atomic mass is 16.4. The number of benzene rings is 1. The lowest BCUT2D eigenvalue weighted by Gasteiger charge is -2.30. The first kappa shape index (κ1) is 18.2. The van der Waals surface area contributed by atoms with Gasteiger partial charge in [0.1, 0.15) is 6.54 Å². The van der Waals surface area contributed by atoms with Crippen molar-refractivity contribution in [2.45, 2.75) is 18.9 Å². The van der Waals surface area contributed by atoms with Crippen LogP contribution in [-0.2, 0) is 16.0 Å². The fourth-order valence-electron chi connectivity index (χ4n) is 3.33. The highest BCUT2D eigenvalue weighted by Gasteiger charge is 2.34. The zero-order valence-electron chi connectivity index (χ0n) is 14.6. The van der Waals surface area contributed by atoms with Crippen molar-refractivity contribution in [3.8, 4) is 0 Å². The lowest BCUT2D eigenvalue weighted by molar-refractivity contribution is -0.137. The Bertz CT molecular complexity index is 670. The summed E-state index contributed by atoms with van der Waals surface area (Å²) in [6.07, 6.45) is 0.566. The Balaban J connectivity index is 1.65. The van der Waals surface area contributed by atoms with E-state index in [2.05, 4.69) is 10.6 Å². The van der Waals surface area contributed by atoms with E-state index in [0.29, 0.717) is 26.1 Å². The van der Waals surface area contributed by atoms with Gasteiger partial charge >= 0.3 is 12.0 Å². The normalized spacial score (nSPS) is 20.2. The van der Waals surface area contributed by atoms with Gasteiger partial charge in [0.15, 0.2) is 0 Å². The number of hydrogen-bond donors (Lipinski definition) is 3. The van der Waals surface area contributed by atoms with Crippen molar-refractivity contribution in [1.29, 1.82) is 0 Å². The summed E-state index contributed by atoms with van der Waals surface area (Å²) in [5, 5.41) is 14.8. The minimum Gasteiger partial charge on any atom is -0.481 e. The van der Waals surface area contributed by atoms with Crippen molar-refractivity contribution >= 4 is 17.9 Å². The first-order valence-electron chi connectivity index (χ1n) is 8.88. The average molecular weight is 360 g/mol. The number of amides is 3. The molecule has 0 aromatic heterocycles. The molecule has 0 bridgehead atoms. The summed E-state index contributed by atoms with van der Waals surface area (Å²) >= 11 is 0. The number of aryl methyl sites for hydroxylation is 1. The summed E-state index contributed by atoms with van der Waals surface area (Å²) in [6, 6.07) is 7.17. The minimum atomic E-state index is -0.822. The molecule has 3 N–H and O–H groups in total. The van der Waals surface area contributed by atoms with Crippen LogP contribution in [0.5, 0.6) is 0 Å². The third-order valence-corrected chi connectivity index (χ3v) is 4.85. The van der Waals surface area contributed by atoms with E-state index >= 15 is 0 Å². The van der Waals surface area contributed by atoms with Gasteiger partial charge in [0.05, 0.1) is 6.04 Å². The number of piperazine rings is 1. The molecule has 8 nitrogen and oxygen atoms in total. The van der Waals surface area contributed by atoms with Gasteiger partial charge in [0, 0.05) is 39.1 Å². The van der Waals surface area contributed by atoms with Gasteiger partial charge in [-0.05, 0) is 17.5 Å². The molecule has 8 heteroatoms. The van der Waals surface area contributed by atoms with Crippen LogP contribution < -0.4 is 10.6 Å². The molecule has 140 valence electrons. The van der Waals surface area contributed by atoms with E-state index < -0.39 is 5.97 Å². The van der Waals surface area contributed by atoms with Crippen molar-refractivity contribution in [2.24, 2.45) is 0 Å². The van der Waals surface area contributed by atoms with Crippen molar-refractivity contribution in [2.75, 3.05) is 39.3 Å². The molecule has 2 saturated heterocycles. The zero-order valence-corrected chi connectivity index (χ0v) is 14.6. The third kappa shape index (κ3) is 4.32. The smallest absolute Gasteiger partial charge is 0.318 e. The Morgan fingerprint density at radius 3 is 2.50 bits per heavy atom. The van der Waals surface area contributed by atoms with Crippen LogP contribution in [0.3, 0.4) is 0 Å². The maximum atomic E-state index is 12.5. The second kappa shape index (κ2) is 8.18. The number of nitrogens with zero attached hydrogens (tertiary/aromatic N) is 2. The van der Waals surface area contributed by atoms with Gasteiger partial charge in [-0.15, -0.1) is 0 Å². The van der Waals surface area contributed by atoms with Crippen molar-refractivity contribution < 1.29 is 19.5 Å². The Hall–Kier alpha value is -2.61. The molecule has 0 radical (unpaired) electrons. The van der Waals surface area contributed by atoms with E-state index in [-0.39, 0.29) is 30.9 Å². The zero-order chi connectivity index (χ0) is 18.5.